The first-order valence-electron chi connectivity index (χ1n) is 8.81. The lowest BCUT2D eigenvalue weighted by Gasteiger charge is -2.36. The summed E-state index contributed by atoms with van der Waals surface area (Å²) in [7, 11) is 1.49. The number of aromatic amines is 1. The number of rotatable bonds is 5. The molecule has 1 aromatic heterocycles. The number of nitrogens with one attached hydrogen (secondary N) is 1. The maximum absolute atomic E-state index is 12.1. The van der Waals surface area contributed by atoms with E-state index < -0.39 is 0 Å². The molecule has 1 aromatic carbocycles. The van der Waals surface area contributed by atoms with Gasteiger partial charge in [0.05, 0.1) is 0 Å². The predicted molar refractivity (Wildman–Crippen MR) is 101 cm³/mol. The molecule has 0 radical (unpaired) electrons. The molecular formula is C19H24N4O3. The number of aromatic nitrogens is 2. The second kappa shape index (κ2) is 7.70. The molecule has 1 fully saturated rings. The standard InChI is InChI=1S/C19H24N4O3/c1-14(24)15-3-5-17(6-4-15)23-11-9-22(10-12-23)8-7-16-13-20-19(26)21(2)18(16)25/h3-6,13H,7-12H2,1-2H3,(H,20,26). The number of benzene rings is 1. The van der Waals surface area contributed by atoms with Crippen LogP contribution in [0.4, 0.5) is 5.69 Å². The van der Waals surface area contributed by atoms with Crippen molar-refractivity contribution < 1.29 is 4.79 Å². The lowest BCUT2D eigenvalue weighted by Crippen LogP contribution is -2.47. The number of nitrogens with zero attached hydrogens (tertiary/aromatic N) is 3. The molecule has 7 nitrogen and oxygen atoms in total. The Morgan fingerprint density at radius 2 is 1.73 bits per heavy atom. The van der Waals surface area contributed by atoms with Gasteiger partial charge in [0.1, 0.15) is 0 Å². The fourth-order valence-electron chi connectivity index (χ4n) is 3.21. The van der Waals surface area contributed by atoms with Crippen molar-refractivity contribution >= 4 is 11.5 Å². The zero-order valence-corrected chi connectivity index (χ0v) is 15.2. The van der Waals surface area contributed by atoms with Gasteiger partial charge >= 0.3 is 5.69 Å². The third-order valence-electron chi connectivity index (χ3n) is 4.96. The molecule has 3 rings (SSSR count). The van der Waals surface area contributed by atoms with Crippen molar-refractivity contribution in [3.63, 3.8) is 0 Å². The number of hydrogen-bond acceptors (Lipinski definition) is 5. The number of carbonyl (C=O) groups is 1. The molecule has 138 valence electrons. The Bertz CT molecular complexity index is 890. The summed E-state index contributed by atoms with van der Waals surface area (Å²) in [6.45, 7) is 6.00. The van der Waals surface area contributed by atoms with E-state index in [1.807, 2.05) is 24.3 Å². The number of anilines is 1. The van der Waals surface area contributed by atoms with Crippen molar-refractivity contribution in [3.05, 3.63) is 62.4 Å². The van der Waals surface area contributed by atoms with E-state index in [0.717, 1.165) is 48.5 Å². The molecule has 2 aromatic rings. The lowest BCUT2D eigenvalue weighted by atomic mass is 10.1. The maximum atomic E-state index is 12.1. The number of hydrogen-bond donors (Lipinski definition) is 1. The first-order chi connectivity index (χ1) is 12.5. The van der Waals surface area contributed by atoms with Gasteiger partial charge in [0.15, 0.2) is 5.78 Å². The predicted octanol–water partition coefficient (Wildman–Crippen LogP) is 0.641. The van der Waals surface area contributed by atoms with Gasteiger partial charge in [0.2, 0.25) is 0 Å². The highest BCUT2D eigenvalue weighted by Gasteiger charge is 2.17. The summed E-state index contributed by atoms with van der Waals surface area (Å²) < 4.78 is 1.11. The van der Waals surface area contributed by atoms with Crippen LogP contribution < -0.4 is 16.1 Å². The van der Waals surface area contributed by atoms with Gasteiger partial charge in [-0.3, -0.25) is 19.1 Å². The van der Waals surface area contributed by atoms with Crippen LogP contribution in [0.25, 0.3) is 0 Å². The molecule has 1 aliphatic rings. The molecule has 0 amide bonds. The summed E-state index contributed by atoms with van der Waals surface area (Å²) in [4.78, 5) is 42.1. The van der Waals surface area contributed by atoms with E-state index in [9.17, 15) is 14.4 Å². The van der Waals surface area contributed by atoms with E-state index >= 15 is 0 Å². The summed E-state index contributed by atoms with van der Waals surface area (Å²) in [5.41, 5.74) is 1.88. The van der Waals surface area contributed by atoms with Gasteiger partial charge in [0, 0.05) is 62.8 Å². The molecule has 1 aliphatic heterocycles. The normalized spacial score (nSPS) is 15.2. The fourth-order valence-corrected chi connectivity index (χ4v) is 3.21. The zero-order valence-electron chi connectivity index (χ0n) is 15.2. The first-order valence-corrected chi connectivity index (χ1v) is 8.81. The molecule has 26 heavy (non-hydrogen) atoms. The number of ketones is 1. The molecule has 0 unspecified atom stereocenters. The molecule has 1 saturated heterocycles. The smallest absolute Gasteiger partial charge is 0.328 e. The highest BCUT2D eigenvalue weighted by atomic mass is 16.2. The van der Waals surface area contributed by atoms with Crippen molar-refractivity contribution in [1.82, 2.24) is 14.5 Å². The van der Waals surface area contributed by atoms with E-state index in [0.29, 0.717) is 12.0 Å². The Morgan fingerprint density at radius 1 is 1.08 bits per heavy atom. The van der Waals surface area contributed by atoms with Crippen LogP contribution in [0, 0.1) is 0 Å². The van der Waals surface area contributed by atoms with Gasteiger partial charge in [-0.2, -0.15) is 0 Å². The van der Waals surface area contributed by atoms with E-state index in [-0.39, 0.29) is 17.0 Å². The van der Waals surface area contributed by atoms with Gasteiger partial charge in [-0.15, -0.1) is 0 Å². The van der Waals surface area contributed by atoms with Gasteiger partial charge in [-0.1, -0.05) is 0 Å². The van der Waals surface area contributed by atoms with Gasteiger partial charge in [-0.25, -0.2) is 4.79 Å². The van der Waals surface area contributed by atoms with Crippen molar-refractivity contribution in [2.75, 3.05) is 37.6 Å². The third-order valence-corrected chi connectivity index (χ3v) is 4.96. The Labute approximate surface area is 151 Å². The summed E-state index contributed by atoms with van der Waals surface area (Å²) in [5.74, 6) is 0.0785. The molecule has 0 spiro atoms. The number of carbonyl (C=O) groups excluding carboxylic acids is 1. The van der Waals surface area contributed by atoms with E-state index in [4.69, 9.17) is 0 Å². The second-order valence-electron chi connectivity index (χ2n) is 6.66. The monoisotopic (exact) mass is 356 g/mol. The van der Waals surface area contributed by atoms with Crippen LogP contribution in [0.5, 0.6) is 0 Å². The Hall–Kier alpha value is -2.67. The quantitative estimate of drug-likeness (QED) is 0.796. The van der Waals surface area contributed by atoms with Gasteiger partial charge in [0.25, 0.3) is 5.56 Å². The molecule has 0 bridgehead atoms. The summed E-state index contributed by atoms with van der Waals surface area (Å²) in [6, 6.07) is 7.73. The number of Topliss-reactive ketones (excluding diaryl/α,β-unsaturated/α-hetero) is 1. The lowest BCUT2D eigenvalue weighted by molar-refractivity contribution is 0.101. The maximum Gasteiger partial charge on any atom is 0.328 e. The summed E-state index contributed by atoms with van der Waals surface area (Å²) in [6.07, 6.45) is 2.15. The number of H-pyrrole nitrogens is 1. The average molecular weight is 356 g/mol. The Morgan fingerprint density at radius 3 is 2.35 bits per heavy atom. The zero-order chi connectivity index (χ0) is 18.7. The number of piperazine rings is 1. The largest absolute Gasteiger partial charge is 0.369 e. The van der Waals surface area contributed by atoms with Crippen LogP contribution >= 0.6 is 0 Å². The molecule has 2 heterocycles. The van der Waals surface area contributed by atoms with Crippen LogP contribution in [0.3, 0.4) is 0 Å². The molecule has 7 heteroatoms. The molecule has 0 aliphatic carbocycles. The van der Waals surface area contributed by atoms with E-state index in [1.165, 1.54) is 13.2 Å². The molecular weight excluding hydrogens is 332 g/mol. The molecule has 0 saturated carbocycles. The highest BCUT2D eigenvalue weighted by molar-refractivity contribution is 5.94. The molecule has 0 atom stereocenters. The van der Waals surface area contributed by atoms with Gasteiger partial charge < -0.3 is 9.88 Å². The third kappa shape index (κ3) is 3.94. The van der Waals surface area contributed by atoms with E-state index in [1.54, 1.807) is 6.92 Å². The highest BCUT2D eigenvalue weighted by Crippen LogP contribution is 2.17. The van der Waals surface area contributed by atoms with Gasteiger partial charge in [-0.05, 0) is 37.6 Å². The Balaban J connectivity index is 1.54. The van der Waals surface area contributed by atoms with Crippen molar-refractivity contribution in [2.45, 2.75) is 13.3 Å². The average Bonchev–Trinajstić information content (AvgIpc) is 2.66. The van der Waals surface area contributed by atoms with Crippen LogP contribution in [0.1, 0.15) is 22.8 Å². The van der Waals surface area contributed by atoms with Crippen LogP contribution in [-0.2, 0) is 13.5 Å². The van der Waals surface area contributed by atoms with Crippen molar-refractivity contribution in [2.24, 2.45) is 7.05 Å². The fraction of sp³-hybridized carbons (Fsp3) is 0.421. The molecule has 1 N–H and O–H groups in total. The SMILES string of the molecule is CC(=O)c1ccc(N2CCN(CCc3c[nH]c(=O)n(C)c3=O)CC2)cc1. The van der Waals surface area contributed by atoms with Crippen LogP contribution in [0.15, 0.2) is 40.1 Å². The first kappa shape index (κ1) is 18.1. The van der Waals surface area contributed by atoms with Crippen LogP contribution in [0.2, 0.25) is 0 Å². The summed E-state index contributed by atoms with van der Waals surface area (Å²) in [5, 5.41) is 0. The topological polar surface area (TPSA) is 78.4 Å². The minimum Gasteiger partial charge on any atom is -0.369 e. The van der Waals surface area contributed by atoms with Crippen molar-refractivity contribution in [3.8, 4) is 0 Å². The second-order valence-corrected chi connectivity index (χ2v) is 6.66. The van der Waals surface area contributed by atoms with E-state index in [2.05, 4.69) is 14.8 Å². The van der Waals surface area contributed by atoms with Crippen LogP contribution in [-0.4, -0.2) is 53.0 Å². The minimum absolute atomic E-state index is 0.0785. The Kier molecular flexibility index (Phi) is 5.37. The summed E-state index contributed by atoms with van der Waals surface area (Å²) >= 11 is 0. The minimum atomic E-state index is -0.386. The van der Waals surface area contributed by atoms with Crippen molar-refractivity contribution in [1.29, 1.82) is 0 Å².